The van der Waals surface area contributed by atoms with Gasteiger partial charge in [-0.05, 0) is 12.1 Å². The molecule has 1 radical (unpaired) electrons. The van der Waals surface area contributed by atoms with Gasteiger partial charge < -0.3 is 4.98 Å². The van der Waals surface area contributed by atoms with Crippen LogP contribution < -0.4 is 5.56 Å². The first-order valence-corrected chi connectivity index (χ1v) is 2.52. The van der Waals surface area contributed by atoms with Gasteiger partial charge in [0.2, 0.25) is 0 Å². The fourth-order valence-corrected chi connectivity index (χ4v) is 0.528. The molecule has 0 unspecified atom stereocenters. The summed E-state index contributed by atoms with van der Waals surface area (Å²) < 4.78 is 0. The van der Waals surface area contributed by atoms with Gasteiger partial charge in [0.1, 0.15) is 5.02 Å². The fourth-order valence-electron chi connectivity index (χ4n) is 0.401. The average molecular weight is 153 g/mol. The molecule has 0 aromatic carbocycles. The molecule has 1 N–H and O–H groups in total. The van der Waals surface area contributed by atoms with Crippen LogP contribution in [0.1, 0.15) is 0 Å². The molecule has 0 aliphatic heterocycles. The first-order chi connectivity index (χ1) is 3.80. The third-order valence-corrected chi connectivity index (χ3v) is 1.07. The van der Waals surface area contributed by atoms with Gasteiger partial charge >= 0.3 is 0 Å². The molecule has 1 heterocycles. The molecule has 2 nitrogen and oxygen atoms in total. The van der Waals surface area contributed by atoms with Crippen molar-refractivity contribution in [1.82, 2.24) is 4.98 Å². The van der Waals surface area contributed by atoms with E-state index in [1.165, 1.54) is 6.20 Å². The minimum atomic E-state index is -0.242. The van der Waals surface area contributed by atoms with Crippen LogP contribution in [0.4, 0.5) is 0 Å². The molecular weight excluding hydrogens is 149 g/mol. The van der Waals surface area contributed by atoms with Crippen LogP contribution in [0.2, 0.25) is 5.02 Å². The van der Waals surface area contributed by atoms with E-state index in [4.69, 9.17) is 11.6 Å². The van der Waals surface area contributed by atoms with Gasteiger partial charge in [-0.25, -0.2) is 0 Å². The average Bonchev–Trinajstić information content (AvgIpc) is 1.77. The SMILES string of the molecule is O=c1[nH]cccc1Cl.[Na]. The van der Waals surface area contributed by atoms with Gasteiger partial charge in [0, 0.05) is 35.8 Å². The van der Waals surface area contributed by atoms with Crippen molar-refractivity contribution in [3.05, 3.63) is 33.7 Å². The van der Waals surface area contributed by atoms with Crippen LogP contribution in [0.25, 0.3) is 0 Å². The van der Waals surface area contributed by atoms with Crippen molar-refractivity contribution in [1.29, 1.82) is 0 Å². The predicted octanol–water partition coefficient (Wildman–Crippen LogP) is 0.647. The number of H-pyrrole nitrogens is 1. The number of aromatic amines is 1. The molecule has 0 aliphatic rings. The summed E-state index contributed by atoms with van der Waals surface area (Å²) in [7, 11) is 0. The maximum Gasteiger partial charge on any atom is 0.266 e. The number of rotatable bonds is 0. The zero-order chi connectivity index (χ0) is 5.98. The molecule has 9 heavy (non-hydrogen) atoms. The van der Waals surface area contributed by atoms with E-state index in [9.17, 15) is 4.79 Å². The summed E-state index contributed by atoms with van der Waals surface area (Å²) in [5.74, 6) is 0. The summed E-state index contributed by atoms with van der Waals surface area (Å²) >= 11 is 5.36. The fraction of sp³-hybridized carbons (Fsp3) is 0. The minimum absolute atomic E-state index is 0. The molecule has 0 amide bonds. The van der Waals surface area contributed by atoms with Gasteiger partial charge in [-0.15, -0.1) is 0 Å². The van der Waals surface area contributed by atoms with E-state index >= 15 is 0 Å². The van der Waals surface area contributed by atoms with Gasteiger partial charge in [-0.3, -0.25) is 4.79 Å². The molecule has 0 saturated carbocycles. The van der Waals surface area contributed by atoms with Crippen molar-refractivity contribution in [2.75, 3.05) is 0 Å². The van der Waals surface area contributed by atoms with E-state index in [2.05, 4.69) is 4.98 Å². The molecule has 0 aliphatic carbocycles. The Hall–Kier alpha value is 0.240. The quantitative estimate of drug-likeness (QED) is 0.544. The van der Waals surface area contributed by atoms with E-state index in [0.29, 0.717) is 0 Å². The Labute approximate surface area is 79.5 Å². The normalized spacial score (nSPS) is 8.11. The number of pyridine rings is 1. The second kappa shape index (κ2) is 4.12. The Balaban J connectivity index is 0.000000640. The Kier molecular flexibility index (Phi) is 4.23. The smallest absolute Gasteiger partial charge is 0.266 e. The topological polar surface area (TPSA) is 32.9 Å². The van der Waals surface area contributed by atoms with Crippen LogP contribution in [-0.4, -0.2) is 34.5 Å². The molecule has 1 rings (SSSR count). The van der Waals surface area contributed by atoms with Crippen LogP contribution in [-0.2, 0) is 0 Å². The Morgan fingerprint density at radius 1 is 1.56 bits per heavy atom. The Bertz CT molecular complexity index is 234. The van der Waals surface area contributed by atoms with Crippen molar-refractivity contribution >= 4 is 41.2 Å². The summed E-state index contributed by atoms with van der Waals surface area (Å²) in [6, 6.07) is 3.21. The number of halogens is 1. The van der Waals surface area contributed by atoms with E-state index in [-0.39, 0.29) is 40.1 Å². The molecular formula is C5H4ClNNaO. The van der Waals surface area contributed by atoms with Gasteiger partial charge in [0.05, 0.1) is 0 Å². The van der Waals surface area contributed by atoms with Crippen LogP contribution in [0.3, 0.4) is 0 Å². The van der Waals surface area contributed by atoms with E-state index in [1.54, 1.807) is 12.1 Å². The maximum atomic E-state index is 10.4. The monoisotopic (exact) mass is 152 g/mol. The van der Waals surface area contributed by atoms with E-state index in [1.807, 2.05) is 0 Å². The van der Waals surface area contributed by atoms with Gasteiger partial charge in [0.15, 0.2) is 0 Å². The Morgan fingerprint density at radius 2 is 2.22 bits per heavy atom. The van der Waals surface area contributed by atoms with Gasteiger partial charge in [-0.1, -0.05) is 11.6 Å². The maximum absolute atomic E-state index is 10.4. The molecule has 0 spiro atoms. The number of aromatic nitrogens is 1. The number of hydrogen-bond acceptors (Lipinski definition) is 1. The first kappa shape index (κ1) is 9.24. The second-order valence-electron chi connectivity index (χ2n) is 1.35. The van der Waals surface area contributed by atoms with E-state index < -0.39 is 0 Å². The molecule has 1 aromatic heterocycles. The van der Waals surface area contributed by atoms with Crippen LogP contribution in [0, 0.1) is 0 Å². The third kappa shape index (κ3) is 2.54. The predicted molar refractivity (Wildman–Crippen MR) is 37.8 cm³/mol. The molecule has 0 bridgehead atoms. The van der Waals surface area contributed by atoms with Gasteiger partial charge in [-0.2, -0.15) is 0 Å². The summed E-state index contributed by atoms with van der Waals surface area (Å²) in [4.78, 5) is 12.8. The molecule has 0 fully saturated rings. The van der Waals surface area contributed by atoms with Crippen molar-refractivity contribution < 1.29 is 0 Å². The zero-order valence-corrected chi connectivity index (χ0v) is 7.77. The van der Waals surface area contributed by atoms with Crippen molar-refractivity contribution in [2.45, 2.75) is 0 Å². The van der Waals surface area contributed by atoms with Gasteiger partial charge in [0.25, 0.3) is 5.56 Å². The van der Waals surface area contributed by atoms with Crippen LogP contribution in [0.5, 0.6) is 0 Å². The summed E-state index contributed by atoms with van der Waals surface area (Å²) in [5, 5.41) is 0.229. The molecule has 43 valence electrons. The van der Waals surface area contributed by atoms with Crippen molar-refractivity contribution in [3.63, 3.8) is 0 Å². The summed E-state index contributed by atoms with van der Waals surface area (Å²) in [5.41, 5.74) is -0.242. The Morgan fingerprint density at radius 3 is 2.56 bits per heavy atom. The molecule has 4 heteroatoms. The number of hydrogen-bond donors (Lipinski definition) is 1. The minimum Gasteiger partial charge on any atom is -0.328 e. The van der Waals surface area contributed by atoms with Crippen molar-refractivity contribution in [3.8, 4) is 0 Å². The molecule has 1 aromatic rings. The summed E-state index contributed by atoms with van der Waals surface area (Å²) in [6.07, 6.45) is 1.54. The third-order valence-electron chi connectivity index (χ3n) is 0.770. The number of nitrogens with one attached hydrogen (secondary N) is 1. The van der Waals surface area contributed by atoms with Crippen LogP contribution >= 0.6 is 11.6 Å². The summed E-state index contributed by atoms with van der Waals surface area (Å²) in [6.45, 7) is 0. The second-order valence-corrected chi connectivity index (χ2v) is 1.75. The first-order valence-electron chi connectivity index (χ1n) is 2.14. The molecule has 0 atom stereocenters. The standard InChI is InChI=1S/C5H4ClNO.Na/c6-4-2-1-3-7-5(4)8;/h1-3H,(H,7,8);. The van der Waals surface area contributed by atoms with Crippen LogP contribution in [0.15, 0.2) is 23.1 Å². The van der Waals surface area contributed by atoms with E-state index in [0.717, 1.165) is 0 Å². The molecule has 0 saturated heterocycles. The largest absolute Gasteiger partial charge is 0.328 e. The van der Waals surface area contributed by atoms with Crippen molar-refractivity contribution in [2.24, 2.45) is 0 Å². The zero-order valence-electron chi connectivity index (χ0n) is 5.02.